The standard InChI is InChI=1S/C23H23Cl2NO4/c1-5-29-22(28)14-10-17(24)21(18(25)11-14)30-13-15(27)12-20-23(2,3)16-8-6-7-9-19(16)26(20)4/h6-12H,5,13H2,1-4H3/b20-12+. The lowest BCUT2D eigenvalue weighted by Crippen LogP contribution is -2.25. The molecule has 3 rings (SSSR count). The number of nitrogens with zero attached hydrogens (tertiary/aromatic N) is 1. The van der Waals surface area contributed by atoms with Gasteiger partial charge in [0.25, 0.3) is 0 Å². The van der Waals surface area contributed by atoms with Gasteiger partial charge in [0, 0.05) is 29.9 Å². The second-order valence-electron chi connectivity index (χ2n) is 7.48. The maximum atomic E-state index is 12.7. The Morgan fingerprint density at radius 3 is 2.37 bits per heavy atom. The van der Waals surface area contributed by atoms with Crippen LogP contribution in [0.15, 0.2) is 48.2 Å². The van der Waals surface area contributed by atoms with Crippen LogP contribution in [-0.4, -0.2) is 32.0 Å². The predicted octanol–water partition coefficient (Wildman–Crippen LogP) is 5.43. The number of esters is 1. The summed E-state index contributed by atoms with van der Waals surface area (Å²) in [4.78, 5) is 26.5. The van der Waals surface area contributed by atoms with Crippen molar-refractivity contribution in [3.8, 4) is 5.75 Å². The van der Waals surface area contributed by atoms with Gasteiger partial charge in [-0.25, -0.2) is 4.79 Å². The Kier molecular flexibility index (Phi) is 6.44. The van der Waals surface area contributed by atoms with E-state index in [9.17, 15) is 9.59 Å². The van der Waals surface area contributed by atoms with Gasteiger partial charge in [-0.3, -0.25) is 4.79 Å². The van der Waals surface area contributed by atoms with Gasteiger partial charge in [0.05, 0.1) is 22.2 Å². The van der Waals surface area contributed by atoms with Crippen LogP contribution in [0.25, 0.3) is 0 Å². The number of ketones is 1. The molecule has 0 amide bonds. The molecule has 1 aliphatic heterocycles. The number of carbonyl (C=O) groups is 2. The minimum Gasteiger partial charge on any atom is -0.482 e. The molecule has 0 atom stereocenters. The first kappa shape index (κ1) is 22.2. The zero-order valence-electron chi connectivity index (χ0n) is 17.3. The second-order valence-corrected chi connectivity index (χ2v) is 8.29. The van der Waals surface area contributed by atoms with Crippen molar-refractivity contribution in [1.29, 1.82) is 0 Å². The number of allylic oxidation sites excluding steroid dienone is 1. The molecule has 0 N–H and O–H groups in total. The first-order valence-electron chi connectivity index (χ1n) is 9.54. The third-order valence-electron chi connectivity index (χ3n) is 5.11. The van der Waals surface area contributed by atoms with Gasteiger partial charge in [-0.2, -0.15) is 0 Å². The number of ether oxygens (including phenoxy) is 2. The zero-order valence-corrected chi connectivity index (χ0v) is 18.8. The molecule has 7 heteroatoms. The number of rotatable bonds is 6. The van der Waals surface area contributed by atoms with Crippen LogP contribution in [0.1, 0.15) is 36.7 Å². The van der Waals surface area contributed by atoms with E-state index in [1.54, 1.807) is 13.0 Å². The molecule has 0 fully saturated rings. The third-order valence-corrected chi connectivity index (χ3v) is 5.67. The highest BCUT2D eigenvalue weighted by Crippen LogP contribution is 2.46. The molecule has 0 radical (unpaired) electrons. The Morgan fingerprint density at radius 2 is 1.77 bits per heavy atom. The van der Waals surface area contributed by atoms with Crippen molar-refractivity contribution in [2.75, 3.05) is 25.2 Å². The topological polar surface area (TPSA) is 55.8 Å². The maximum Gasteiger partial charge on any atom is 0.338 e. The van der Waals surface area contributed by atoms with Crippen molar-refractivity contribution in [3.63, 3.8) is 0 Å². The Morgan fingerprint density at radius 1 is 1.13 bits per heavy atom. The average Bonchev–Trinajstić information content (AvgIpc) is 2.88. The molecule has 30 heavy (non-hydrogen) atoms. The second kappa shape index (κ2) is 8.70. The Balaban J connectivity index is 1.76. The zero-order chi connectivity index (χ0) is 22.1. The Hall–Kier alpha value is -2.50. The van der Waals surface area contributed by atoms with Crippen LogP contribution in [0, 0.1) is 0 Å². The molecule has 158 valence electrons. The highest BCUT2D eigenvalue weighted by atomic mass is 35.5. The van der Waals surface area contributed by atoms with Crippen molar-refractivity contribution >= 4 is 40.6 Å². The fourth-order valence-corrected chi connectivity index (χ4v) is 4.22. The lowest BCUT2D eigenvalue weighted by Gasteiger charge is -2.24. The predicted molar refractivity (Wildman–Crippen MR) is 119 cm³/mol. The summed E-state index contributed by atoms with van der Waals surface area (Å²) >= 11 is 12.4. The number of fused-ring (bicyclic) bond motifs is 1. The number of likely N-dealkylation sites (N-methyl/N-ethyl adjacent to an activating group) is 1. The van der Waals surface area contributed by atoms with Crippen molar-refractivity contribution in [2.24, 2.45) is 0 Å². The number of carbonyl (C=O) groups excluding carboxylic acids is 2. The summed E-state index contributed by atoms with van der Waals surface area (Å²) in [5.41, 5.74) is 3.03. The quantitative estimate of drug-likeness (QED) is 0.436. The first-order valence-corrected chi connectivity index (χ1v) is 10.3. The van der Waals surface area contributed by atoms with Gasteiger partial charge in [0.15, 0.2) is 18.1 Å². The molecule has 0 saturated carbocycles. The van der Waals surface area contributed by atoms with Crippen molar-refractivity contribution < 1.29 is 19.1 Å². The molecular weight excluding hydrogens is 425 g/mol. The third kappa shape index (κ3) is 4.18. The van der Waals surface area contributed by atoms with E-state index in [0.29, 0.717) is 0 Å². The van der Waals surface area contributed by atoms with E-state index in [1.807, 2.05) is 30.1 Å². The smallest absolute Gasteiger partial charge is 0.338 e. The van der Waals surface area contributed by atoms with E-state index >= 15 is 0 Å². The molecule has 0 unspecified atom stereocenters. The molecule has 2 aromatic carbocycles. The summed E-state index contributed by atoms with van der Waals surface area (Å²) < 4.78 is 10.5. The van der Waals surface area contributed by atoms with E-state index in [1.165, 1.54) is 12.1 Å². The minimum atomic E-state index is -0.528. The molecule has 0 aromatic heterocycles. The summed E-state index contributed by atoms with van der Waals surface area (Å²) in [7, 11) is 1.94. The first-order chi connectivity index (χ1) is 14.2. The Bertz CT molecular complexity index is 1010. The van der Waals surface area contributed by atoms with Crippen molar-refractivity contribution in [3.05, 3.63) is 69.3 Å². The number of anilines is 1. The number of para-hydroxylation sites is 1. The molecule has 1 heterocycles. The lowest BCUT2D eigenvalue weighted by molar-refractivity contribution is -0.116. The monoisotopic (exact) mass is 447 g/mol. The Labute approximate surface area is 186 Å². The summed E-state index contributed by atoms with van der Waals surface area (Å²) in [6, 6.07) is 10.9. The lowest BCUT2D eigenvalue weighted by atomic mass is 9.83. The van der Waals surface area contributed by atoms with E-state index in [2.05, 4.69) is 19.9 Å². The molecule has 0 saturated heterocycles. The maximum absolute atomic E-state index is 12.7. The number of hydrogen-bond donors (Lipinski definition) is 0. The van der Waals surface area contributed by atoms with Crippen LogP contribution in [0.3, 0.4) is 0 Å². The fraction of sp³-hybridized carbons (Fsp3) is 0.304. The van der Waals surface area contributed by atoms with Gasteiger partial charge in [0.1, 0.15) is 0 Å². The van der Waals surface area contributed by atoms with Crippen LogP contribution in [0.4, 0.5) is 5.69 Å². The largest absolute Gasteiger partial charge is 0.482 e. The molecule has 0 spiro atoms. The summed E-state index contributed by atoms with van der Waals surface area (Å²) in [5, 5.41) is 0.272. The van der Waals surface area contributed by atoms with Crippen LogP contribution in [-0.2, 0) is 14.9 Å². The van der Waals surface area contributed by atoms with E-state index in [0.717, 1.165) is 16.9 Å². The SMILES string of the molecule is CCOC(=O)c1cc(Cl)c(OCC(=O)/C=C2/N(C)c3ccccc3C2(C)C)c(Cl)c1. The normalized spacial score (nSPS) is 15.8. The summed E-state index contributed by atoms with van der Waals surface area (Å²) in [5.74, 6) is -0.598. The van der Waals surface area contributed by atoms with Crippen LogP contribution in [0.5, 0.6) is 5.75 Å². The summed E-state index contributed by atoms with van der Waals surface area (Å²) in [6.45, 7) is 5.88. The van der Waals surface area contributed by atoms with Gasteiger partial charge in [-0.15, -0.1) is 0 Å². The molecular formula is C23H23Cl2NO4. The molecule has 5 nitrogen and oxygen atoms in total. The van der Waals surface area contributed by atoms with Gasteiger partial charge in [0.2, 0.25) is 0 Å². The highest BCUT2D eigenvalue weighted by molar-refractivity contribution is 6.37. The van der Waals surface area contributed by atoms with Crippen molar-refractivity contribution in [1.82, 2.24) is 0 Å². The van der Waals surface area contributed by atoms with Crippen LogP contribution < -0.4 is 9.64 Å². The molecule has 2 aromatic rings. The van der Waals surface area contributed by atoms with Gasteiger partial charge in [-0.05, 0) is 30.7 Å². The van der Waals surface area contributed by atoms with Gasteiger partial charge >= 0.3 is 5.97 Å². The molecule has 0 bridgehead atoms. The van der Waals surface area contributed by atoms with Gasteiger partial charge in [-0.1, -0.05) is 55.2 Å². The average molecular weight is 448 g/mol. The number of hydrogen-bond acceptors (Lipinski definition) is 5. The number of benzene rings is 2. The highest BCUT2D eigenvalue weighted by Gasteiger charge is 2.38. The van der Waals surface area contributed by atoms with E-state index < -0.39 is 5.97 Å². The van der Waals surface area contributed by atoms with Gasteiger partial charge < -0.3 is 14.4 Å². The minimum absolute atomic E-state index is 0.136. The van der Waals surface area contributed by atoms with E-state index in [4.69, 9.17) is 32.7 Å². The van der Waals surface area contributed by atoms with Crippen LogP contribution >= 0.6 is 23.2 Å². The van der Waals surface area contributed by atoms with Crippen molar-refractivity contribution in [2.45, 2.75) is 26.2 Å². The fourth-order valence-electron chi connectivity index (χ4n) is 3.63. The molecule has 1 aliphatic rings. The van der Waals surface area contributed by atoms with Crippen LogP contribution in [0.2, 0.25) is 10.0 Å². The summed E-state index contributed by atoms with van der Waals surface area (Å²) in [6.07, 6.45) is 1.59. The number of halogens is 2. The van der Waals surface area contributed by atoms with E-state index in [-0.39, 0.29) is 45.8 Å². The molecule has 0 aliphatic carbocycles.